The number of nitrogens with one attached hydrogen (secondary N) is 1. The summed E-state index contributed by atoms with van der Waals surface area (Å²) >= 11 is 0. The van der Waals surface area contributed by atoms with Crippen LogP contribution >= 0.6 is 0 Å². The van der Waals surface area contributed by atoms with Crippen LogP contribution in [0.25, 0.3) is 0 Å². The molecule has 0 bridgehead atoms. The van der Waals surface area contributed by atoms with E-state index in [2.05, 4.69) is 10.3 Å². The molecule has 10 nitrogen and oxygen atoms in total. The fraction of sp³-hybridized carbons (Fsp3) is 0.345. The van der Waals surface area contributed by atoms with Crippen LogP contribution < -0.4 is 10.1 Å². The van der Waals surface area contributed by atoms with Gasteiger partial charge in [0.1, 0.15) is 11.9 Å². The maximum absolute atomic E-state index is 13.4. The Kier molecular flexibility index (Phi) is 9.18. The number of anilines is 1. The Balaban J connectivity index is 1.65. The average molecular weight is 567 g/mol. The monoisotopic (exact) mass is 566 g/mol. The van der Waals surface area contributed by atoms with Crippen molar-refractivity contribution in [3.05, 3.63) is 84.2 Å². The predicted molar refractivity (Wildman–Crippen MR) is 150 cm³/mol. The summed E-state index contributed by atoms with van der Waals surface area (Å²) in [5.74, 6) is -0.381. The van der Waals surface area contributed by atoms with Crippen molar-refractivity contribution in [1.29, 1.82) is 0 Å². The summed E-state index contributed by atoms with van der Waals surface area (Å²) in [5, 5.41) is 12.7. The van der Waals surface area contributed by atoms with Gasteiger partial charge < -0.3 is 20.1 Å². The molecule has 2 N–H and O–H groups in total. The highest BCUT2D eigenvalue weighted by atomic mass is 32.2. The summed E-state index contributed by atoms with van der Waals surface area (Å²) in [6, 6.07) is 16.0. The van der Waals surface area contributed by atoms with E-state index in [9.17, 15) is 23.1 Å². The number of carbonyl (C=O) groups is 2. The summed E-state index contributed by atoms with van der Waals surface area (Å²) < 4.78 is 34.2. The molecule has 1 aromatic heterocycles. The minimum absolute atomic E-state index is 0.0176. The summed E-state index contributed by atoms with van der Waals surface area (Å²) in [6.45, 7) is 3.74. The van der Waals surface area contributed by atoms with E-state index in [1.165, 1.54) is 23.7 Å². The van der Waals surface area contributed by atoms with E-state index in [-0.39, 0.29) is 48.7 Å². The van der Waals surface area contributed by atoms with Crippen LogP contribution in [0.3, 0.4) is 0 Å². The van der Waals surface area contributed by atoms with E-state index in [0.717, 1.165) is 0 Å². The normalized spacial score (nSPS) is 18.6. The number of hydrogen-bond donors (Lipinski definition) is 2. The SMILES string of the molecule is C[C@@H]1CN([C@@H](C)CO)C(=O)Cc2cc(NC(=O)c3ccncc3)ccc2O[C@H]1CN(C)S(=O)(=O)c1ccccc1. The number of hydrogen-bond acceptors (Lipinski definition) is 7. The van der Waals surface area contributed by atoms with Crippen molar-refractivity contribution in [2.24, 2.45) is 5.92 Å². The Labute approximate surface area is 234 Å². The van der Waals surface area contributed by atoms with Crippen LogP contribution in [-0.4, -0.2) is 78.4 Å². The number of fused-ring (bicyclic) bond motifs is 1. The Morgan fingerprint density at radius 1 is 1.18 bits per heavy atom. The van der Waals surface area contributed by atoms with Gasteiger partial charge in [-0.2, -0.15) is 4.31 Å². The molecule has 0 saturated carbocycles. The van der Waals surface area contributed by atoms with Crippen LogP contribution in [0.2, 0.25) is 0 Å². The number of pyridine rings is 1. The van der Waals surface area contributed by atoms with E-state index in [0.29, 0.717) is 22.6 Å². The Bertz CT molecular complexity index is 1440. The fourth-order valence-corrected chi connectivity index (χ4v) is 5.76. The second-order valence-corrected chi connectivity index (χ2v) is 12.0. The van der Waals surface area contributed by atoms with Crippen molar-refractivity contribution >= 4 is 27.5 Å². The second kappa shape index (κ2) is 12.6. The Hall–Kier alpha value is -3.80. The smallest absolute Gasteiger partial charge is 0.255 e. The summed E-state index contributed by atoms with van der Waals surface area (Å²) in [5.41, 5.74) is 1.46. The van der Waals surface area contributed by atoms with Gasteiger partial charge in [-0.1, -0.05) is 25.1 Å². The number of aliphatic hydroxyl groups excluding tert-OH is 1. The largest absolute Gasteiger partial charge is 0.488 e. The van der Waals surface area contributed by atoms with E-state index < -0.39 is 22.2 Å². The molecule has 40 heavy (non-hydrogen) atoms. The molecule has 1 aliphatic rings. The molecule has 2 amide bonds. The first-order valence-corrected chi connectivity index (χ1v) is 14.5. The van der Waals surface area contributed by atoms with Crippen molar-refractivity contribution in [2.45, 2.75) is 37.3 Å². The first kappa shape index (κ1) is 29.2. The van der Waals surface area contributed by atoms with Crippen LogP contribution in [0.5, 0.6) is 5.75 Å². The van der Waals surface area contributed by atoms with Gasteiger partial charge in [-0.05, 0) is 49.4 Å². The average Bonchev–Trinajstić information content (AvgIpc) is 3.01. The van der Waals surface area contributed by atoms with Crippen molar-refractivity contribution in [3.8, 4) is 5.75 Å². The fourth-order valence-electron chi connectivity index (χ4n) is 4.56. The van der Waals surface area contributed by atoms with Gasteiger partial charge in [0.2, 0.25) is 15.9 Å². The molecule has 0 fully saturated rings. The second-order valence-electron chi connectivity index (χ2n) is 10.00. The van der Waals surface area contributed by atoms with Crippen molar-refractivity contribution in [1.82, 2.24) is 14.2 Å². The summed E-state index contributed by atoms with van der Waals surface area (Å²) in [7, 11) is -2.28. The third-order valence-corrected chi connectivity index (χ3v) is 8.84. The standard InChI is InChI=1S/C29H34N4O6S/c1-20-17-33(21(2)19-34)28(35)16-23-15-24(31-29(36)22-11-13-30-14-12-22)9-10-26(23)39-27(20)18-32(3)40(37,38)25-7-5-4-6-8-25/h4-15,20-21,27,34H,16-19H2,1-3H3,(H,31,36)/t20-,21+,27+/m1/s1. The lowest BCUT2D eigenvalue weighted by atomic mass is 10.0. The van der Waals surface area contributed by atoms with E-state index in [1.807, 2.05) is 6.92 Å². The highest BCUT2D eigenvalue weighted by Gasteiger charge is 2.33. The van der Waals surface area contributed by atoms with Gasteiger partial charge in [0.25, 0.3) is 5.91 Å². The molecular formula is C29H34N4O6S. The van der Waals surface area contributed by atoms with E-state index >= 15 is 0 Å². The zero-order chi connectivity index (χ0) is 28.9. The molecule has 4 rings (SSSR count). The van der Waals surface area contributed by atoms with Gasteiger partial charge >= 0.3 is 0 Å². The molecular weight excluding hydrogens is 532 g/mol. The lowest BCUT2D eigenvalue weighted by molar-refractivity contribution is -0.134. The highest BCUT2D eigenvalue weighted by Crippen LogP contribution is 2.30. The molecule has 0 spiro atoms. The van der Waals surface area contributed by atoms with Gasteiger partial charge in [-0.25, -0.2) is 8.42 Å². The molecule has 2 heterocycles. The molecule has 3 aromatic rings. The van der Waals surface area contributed by atoms with Gasteiger partial charge in [0.15, 0.2) is 0 Å². The third-order valence-electron chi connectivity index (χ3n) is 7.01. The van der Waals surface area contributed by atoms with Gasteiger partial charge in [0.05, 0.1) is 30.5 Å². The molecule has 0 radical (unpaired) electrons. The number of benzene rings is 2. The summed E-state index contributed by atoms with van der Waals surface area (Å²) in [4.78, 5) is 31.8. The van der Waals surface area contributed by atoms with E-state index in [1.54, 1.807) is 72.5 Å². The van der Waals surface area contributed by atoms with Crippen LogP contribution in [0.4, 0.5) is 5.69 Å². The molecule has 212 valence electrons. The number of nitrogens with zero attached hydrogens (tertiary/aromatic N) is 3. The molecule has 1 aliphatic heterocycles. The lowest BCUT2D eigenvalue weighted by Crippen LogP contribution is -2.48. The van der Waals surface area contributed by atoms with Gasteiger partial charge in [0, 0.05) is 48.7 Å². The molecule has 0 unspecified atom stereocenters. The highest BCUT2D eigenvalue weighted by molar-refractivity contribution is 7.89. The maximum Gasteiger partial charge on any atom is 0.255 e. The van der Waals surface area contributed by atoms with Crippen molar-refractivity contribution in [2.75, 3.05) is 32.1 Å². The third kappa shape index (κ3) is 6.67. The quantitative estimate of drug-likeness (QED) is 0.429. The van der Waals surface area contributed by atoms with Gasteiger partial charge in [-0.3, -0.25) is 14.6 Å². The maximum atomic E-state index is 13.4. The first-order chi connectivity index (χ1) is 19.1. The number of rotatable bonds is 8. The molecule has 3 atom stereocenters. The minimum atomic E-state index is -3.78. The molecule has 11 heteroatoms. The number of sulfonamides is 1. The Morgan fingerprint density at radius 2 is 1.88 bits per heavy atom. The number of ether oxygens (including phenoxy) is 1. The van der Waals surface area contributed by atoms with Crippen LogP contribution in [0.1, 0.15) is 29.8 Å². The van der Waals surface area contributed by atoms with Crippen molar-refractivity contribution < 1.29 is 27.9 Å². The van der Waals surface area contributed by atoms with Crippen molar-refractivity contribution in [3.63, 3.8) is 0 Å². The predicted octanol–water partition coefficient (Wildman–Crippen LogP) is 2.80. The zero-order valence-electron chi connectivity index (χ0n) is 22.7. The van der Waals surface area contributed by atoms with E-state index in [4.69, 9.17) is 4.74 Å². The number of carbonyl (C=O) groups excluding carboxylic acids is 2. The topological polar surface area (TPSA) is 129 Å². The minimum Gasteiger partial charge on any atom is -0.488 e. The van der Waals surface area contributed by atoms with Crippen LogP contribution in [0.15, 0.2) is 78.0 Å². The molecule has 0 saturated heterocycles. The number of likely N-dealkylation sites (N-methyl/N-ethyl adjacent to an activating group) is 1. The van der Waals surface area contributed by atoms with Crippen LogP contribution in [0, 0.1) is 5.92 Å². The molecule has 0 aliphatic carbocycles. The van der Waals surface area contributed by atoms with Gasteiger partial charge in [-0.15, -0.1) is 0 Å². The zero-order valence-corrected chi connectivity index (χ0v) is 23.5. The molecule has 2 aromatic carbocycles. The van der Waals surface area contributed by atoms with Crippen LogP contribution in [-0.2, 0) is 21.2 Å². The summed E-state index contributed by atoms with van der Waals surface area (Å²) in [6.07, 6.45) is 2.42. The first-order valence-electron chi connectivity index (χ1n) is 13.0. The number of aromatic nitrogens is 1. The number of aliphatic hydroxyl groups is 1. The number of amides is 2. The lowest BCUT2D eigenvalue weighted by Gasteiger charge is -2.33. The Morgan fingerprint density at radius 3 is 2.55 bits per heavy atom.